The first-order valence-electron chi connectivity index (χ1n) is 2.92. The standard InChI is InChI=1S/4K.4Na.2H4O7P2/c;;;;;;;;2*1-8(2,3)7-9(4,5)6/h;;;;;;;;2*(H2,1,2,3)(H2,4,5,6)/q8*+1;;/p-8. The van der Waals surface area contributed by atoms with E-state index in [0.717, 1.165) is 0 Å². The molecule has 0 rings (SSSR count). The average molecular weight is 596 g/mol. The van der Waals surface area contributed by atoms with Gasteiger partial charge in [-0.05, 0) is 0 Å². The van der Waals surface area contributed by atoms with E-state index in [1.54, 1.807) is 0 Å². The minimum absolute atomic E-state index is 0. The Morgan fingerprint density at radius 1 is 0.385 bits per heavy atom. The van der Waals surface area contributed by atoms with Gasteiger partial charge < -0.3 is 66.0 Å². The van der Waals surface area contributed by atoms with Crippen LogP contribution in [0.5, 0.6) is 0 Å². The van der Waals surface area contributed by atoms with Crippen LogP contribution >= 0.6 is 31.3 Å². The summed E-state index contributed by atoms with van der Waals surface area (Å²) >= 11 is 0. The second-order valence-electron chi connectivity index (χ2n) is 1.95. The first kappa shape index (κ1) is 65.8. The van der Waals surface area contributed by atoms with Crippen molar-refractivity contribution in [1.29, 1.82) is 0 Å². The molecular formula is K4Na4O14P4. The van der Waals surface area contributed by atoms with Crippen LogP contribution in [0.1, 0.15) is 0 Å². The van der Waals surface area contributed by atoms with Crippen LogP contribution < -0.4 is 363 Å². The summed E-state index contributed by atoms with van der Waals surface area (Å²) in [4.78, 5) is 74.6. The monoisotopic (exact) mass is 596 g/mol. The van der Waals surface area contributed by atoms with E-state index in [1.807, 2.05) is 0 Å². The van der Waals surface area contributed by atoms with Gasteiger partial charge in [-0.15, -0.1) is 0 Å². The molecule has 0 aliphatic carbocycles. The summed E-state index contributed by atoms with van der Waals surface area (Å²) in [6.07, 6.45) is 0. The third kappa shape index (κ3) is 76.5. The molecule has 0 amide bonds. The largest absolute Gasteiger partial charge is 1.00 e. The van der Waals surface area contributed by atoms with Gasteiger partial charge in [0.2, 0.25) is 0 Å². The molecule has 0 fully saturated rings. The van der Waals surface area contributed by atoms with Crippen molar-refractivity contribution < 1.29 is 390 Å². The van der Waals surface area contributed by atoms with Gasteiger partial charge in [-0.25, -0.2) is 0 Å². The maximum absolute atomic E-state index is 9.32. The van der Waals surface area contributed by atoms with Crippen molar-refractivity contribution in [3.05, 3.63) is 0 Å². The fraction of sp³-hybridized carbons (Fsp3) is 0. The summed E-state index contributed by atoms with van der Waals surface area (Å²) < 4.78 is 42.3. The summed E-state index contributed by atoms with van der Waals surface area (Å²) in [5.74, 6) is 0. The van der Waals surface area contributed by atoms with E-state index in [4.69, 9.17) is 0 Å². The predicted molar refractivity (Wildman–Crippen MR) is 32.6 cm³/mol. The minimum Gasteiger partial charge on any atom is -0.790 e. The van der Waals surface area contributed by atoms with E-state index in [9.17, 15) is 57.4 Å². The molecule has 0 aromatic carbocycles. The van der Waals surface area contributed by atoms with Gasteiger partial charge in [0.05, 0.1) is 31.3 Å². The fourth-order valence-electron chi connectivity index (χ4n) is 0.245. The Morgan fingerprint density at radius 2 is 0.462 bits per heavy atom. The van der Waals surface area contributed by atoms with Gasteiger partial charge in [-0.1, -0.05) is 0 Å². The van der Waals surface area contributed by atoms with Gasteiger partial charge in [0.25, 0.3) is 0 Å². The predicted octanol–water partition coefficient (Wildman–Crippen LogP) is -30.6. The Hall–Kier alpha value is 11.1. The van der Waals surface area contributed by atoms with Crippen molar-refractivity contribution in [2.24, 2.45) is 0 Å². The molecule has 14 nitrogen and oxygen atoms in total. The fourth-order valence-corrected chi connectivity index (χ4v) is 2.20. The van der Waals surface area contributed by atoms with E-state index >= 15 is 0 Å². The molecular weight excluding hydrogens is 596 g/mol. The number of hydrogen-bond acceptors (Lipinski definition) is 14. The van der Waals surface area contributed by atoms with Gasteiger partial charge in [0, 0.05) is 0 Å². The van der Waals surface area contributed by atoms with Gasteiger partial charge in [0.1, 0.15) is 0 Å². The molecule has 0 aliphatic heterocycles. The van der Waals surface area contributed by atoms with E-state index in [2.05, 4.69) is 8.62 Å². The second kappa shape index (κ2) is 32.3. The summed E-state index contributed by atoms with van der Waals surface area (Å²) in [7, 11) is -22.7. The van der Waals surface area contributed by atoms with Crippen LogP contribution in [0.25, 0.3) is 0 Å². The third-order valence-electron chi connectivity index (χ3n) is 0.400. The summed E-state index contributed by atoms with van der Waals surface area (Å²) in [5, 5.41) is 0. The number of rotatable bonds is 4. The smallest absolute Gasteiger partial charge is 0.790 e. The molecule has 112 valence electrons. The molecule has 0 N–H and O–H groups in total. The van der Waals surface area contributed by atoms with Crippen LogP contribution in [0.3, 0.4) is 0 Å². The van der Waals surface area contributed by atoms with Crippen LogP contribution in [-0.2, 0) is 26.9 Å². The molecule has 0 aromatic rings. The topological polar surface area (TPSA) is 271 Å². The first-order valence-corrected chi connectivity index (χ1v) is 8.76. The Balaban J connectivity index is -0.0000000188. The molecule has 0 heterocycles. The quantitative estimate of drug-likeness (QED) is 0.215. The molecule has 0 atom stereocenters. The van der Waals surface area contributed by atoms with Crippen molar-refractivity contribution in [3.63, 3.8) is 0 Å². The van der Waals surface area contributed by atoms with Crippen LogP contribution in [-0.4, -0.2) is 0 Å². The summed E-state index contributed by atoms with van der Waals surface area (Å²) in [6.45, 7) is 0. The van der Waals surface area contributed by atoms with Crippen molar-refractivity contribution >= 4 is 31.3 Å². The molecule has 0 saturated heterocycles. The van der Waals surface area contributed by atoms with Crippen molar-refractivity contribution in [2.45, 2.75) is 0 Å². The van der Waals surface area contributed by atoms with E-state index in [0.29, 0.717) is 0 Å². The number of hydrogen-bond donors (Lipinski definition) is 0. The first-order chi connectivity index (χ1) is 7.41. The van der Waals surface area contributed by atoms with Gasteiger partial charge in [-0.3, -0.25) is 0 Å². The second-order valence-corrected chi connectivity index (χ2v) is 6.84. The molecule has 0 spiro atoms. The maximum atomic E-state index is 9.32. The van der Waals surface area contributed by atoms with E-state index < -0.39 is 31.3 Å². The normalized spacial score (nSPS) is 9.54. The molecule has 0 saturated carbocycles. The van der Waals surface area contributed by atoms with Gasteiger partial charge >= 0.3 is 324 Å². The minimum atomic E-state index is -5.68. The number of phosphoric acid groups is 4. The van der Waals surface area contributed by atoms with E-state index in [1.165, 1.54) is 0 Å². The van der Waals surface area contributed by atoms with Crippen LogP contribution in [0.2, 0.25) is 0 Å². The van der Waals surface area contributed by atoms with Crippen molar-refractivity contribution in [3.8, 4) is 0 Å². The Bertz CT molecular complexity index is 368. The Labute approximate surface area is 408 Å². The van der Waals surface area contributed by atoms with Crippen LogP contribution in [0.4, 0.5) is 0 Å². The molecule has 0 radical (unpaired) electrons. The van der Waals surface area contributed by atoms with Crippen LogP contribution in [0.15, 0.2) is 0 Å². The maximum Gasteiger partial charge on any atom is 1.00 e. The molecule has 0 bridgehead atoms. The molecule has 0 aromatic heterocycles. The molecule has 0 aliphatic rings. The zero-order chi connectivity index (χ0) is 15.4. The zero-order valence-corrected chi connectivity index (χ0v) is 39.6. The SMILES string of the molecule is O=P([O-])([O-])OP(=O)([O-])[O-].O=P([O-])([O-])OP(=O)([O-])[O-].[K+].[K+].[K+].[K+].[Na+].[Na+].[Na+].[Na+]. The molecule has 0 unspecified atom stereocenters. The van der Waals surface area contributed by atoms with Crippen molar-refractivity contribution in [2.75, 3.05) is 0 Å². The van der Waals surface area contributed by atoms with Crippen molar-refractivity contribution in [1.82, 2.24) is 0 Å². The third-order valence-corrected chi connectivity index (χ3v) is 3.60. The van der Waals surface area contributed by atoms with E-state index in [-0.39, 0.29) is 324 Å². The van der Waals surface area contributed by atoms with Gasteiger partial charge in [-0.2, -0.15) is 0 Å². The zero-order valence-electron chi connectivity index (χ0n) is 15.5. The summed E-state index contributed by atoms with van der Waals surface area (Å²) in [5.41, 5.74) is 0. The Morgan fingerprint density at radius 3 is 0.462 bits per heavy atom. The van der Waals surface area contributed by atoms with Gasteiger partial charge in [0.15, 0.2) is 0 Å². The Kier molecular flexibility index (Phi) is 81.7. The van der Waals surface area contributed by atoms with Crippen LogP contribution in [0, 0.1) is 0 Å². The summed E-state index contributed by atoms with van der Waals surface area (Å²) in [6, 6.07) is 0. The molecule has 26 heteroatoms. The average Bonchev–Trinajstić information content (AvgIpc) is 1.64. The molecule has 26 heavy (non-hydrogen) atoms.